The maximum absolute atomic E-state index is 6.05. The zero-order chi connectivity index (χ0) is 19.2. The molecule has 0 saturated heterocycles. The Morgan fingerprint density at radius 1 is 1.04 bits per heavy atom. The number of allylic oxidation sites excluding steroid dienone is 3. The second kappa shape index (κ2) is 9.01. The summed E-state index contributed by atoms with van der Waals surface area (Å²) in [6, 6.07) is 20.5. The normalized spacial score (nSPS) is 11.4. The van der Waals surface area contributed by atoms with Crippen LogP contribution in [0.1, 0.15) is 25.5 Å². The molecule has 1 aromatic heterocycles. The molecule has 0 aliphatic carbocycles. The lowest BCUT2D eigenvalue weighted by Crippen LogP contribution is -2.02. The van der Waals surface area contributed by atoms with Gasteiger partial charge in [0.25, 0.3) is 0 Å². The van der Waals surface area contributed by atoms with Crippen LogP contribution in [0.15, 0.2) is 83.9 Å². The molecule has 0 amide bonds. The summed E-state index contributed by atoms with van der Waals surface area (Å²) in [6.07, 6.45) is 6.16. The van der Waals surface area contributed by atoms with Crippen LogP contribution in [0.5, 0.6) is 0 Å². The fourth-order valence-corrected chi connectivity index (χ4v) is 3.49. The van der Waals surface area contributed by atoms with Crippen LogP contribution in [0.25, 0.3) is 28.0 Å². The first-order chi connectivity index (χ1) is 13.1. The van der Waals surface area contributed by atoms with Crippen LogP contribution in [0.2, 0.25) is 0 Å². The van der Waals surface area contributed by atoms with Gasteiger partial charge in [-0.3, -0.25) is 0 Å². The monoisotopic (exact) mass is 413 g/mol. The van der Waals surface area contributed by atoms with Gasteiger partial charge >= 0.3 is 0 Å². The van der Waals surface area contributed by atoms with E-state index in [-0.39, 0.29) is 0 Å². The largest absolute Gasteiger partial charge is 0.248 e. The van der Waals surface area contributed by atoms with Crippen LogP contribution in [-0.4, -0.2) is 12.8 Å². The molecule has 0 bridgehead atoms. The summed E-state index contributed by atoms with van der Waals surface area (Å²) in [6.45, 7) is 6.15. The minimum atomic E-state index is 0.707. The number of pyridine rings is 1. The van der Waals surface area contributed by atoms with E-state index in [4.69, 9.17) is 12.8 Å². The number of rotatable bonds is 6. The van der Waals surface area contributed by atoms with E-state index in [0.29, 0.717) is 5.46 Å². The van der Waals surface area contributed by atoms with Gasteiger partial charge in [0.2, 0.25) is 0 Å². The van der Waals surface area contributed by atoms with Gasteiger partial charge < -0.3 is 0 Å². The van der Waals surface area contributed by atoms with Crippen molar-refractivity contribution in [1.29, 1.82) is 0 Å². The van der Waals surface area contributed by atoms with Gasteiger partial charge in [-0.2, -0.15) is 0 Å². The van der Waals surface area contributed by atoms with E-state index in [0.717, 1.165) is 51.0 Å². The summed E-state index contributed by atoms with van der Waals surface area (Å²) in [5, 5.41) is 0. The number of hydrogen-bond donors (Lipinski definition) is 0. The van der Waals surface area contributed by atoms with Gasteiger partial charge in [0.05, 0.1) is 11.4 Å². The summed E-state index contributed by atoms with van der Waals surface area (Å²) < 4.78 is 0.941. The second-order valence-electron chi connectivity index (χ2n) is 6.42. The molecule has 0 spiro atoms. The first-order valence-electron chi connectivity index (χ1n) is 9.07. The summed E-state index contributed by atoms with van der Waals surface area (Å²) in [5.41, 5.74) is 6.84. The minimum absolute atomic E-state index is 0.707. The molecule has 3 heteroatoms. The highest BCUT2D eigenvalue weighted by atomic mass is 79.9. The van der Waals surface area contributed by atoms with Crippen molar-refractivity contribution in [1.82, 2.24) is 4.98 Å². The van der Waals surface area contributed by atoms with Crippen LogP contribution in [0.4, 0.5) is 0 Å². The third-order valence-corrected chi connectivity index (χ3v) is 4.77. The quantitative estimate of drug-likeness (QED) is 0.339. The van der Waals surface area contributed by atoms with E-state index >= 15 is 0 Å². The zero-order valence-corrected chi connectivity index (χ0v) is 17.0. The van der Waals surface area contributed by atoms with Crippen molar-refractivity contribution in [2.45, 2.75) is 19.8 Å². The highest BCUT2D eigenvalue weighted by molar-refractivity contribution is 9.10. The Bertz CT molecular complexity index is 957. The molecule has 0 unspecified atom stereocenters. The summed E-state index contributed by atoms with van der Waals surface area (Å²) in [7, 11) is 6.05. The van der Waals surface area contributed by atoms with Crippen molar-refractivity contribution in [3.05, 3.63) is 89.6 Å². The highest BCUT2D eigenvalue weighted by Crippen LogP contribution is 2.29. The Kier molecular flexibility index (Phi) is 6.47. The highest BCUT2D eigenvalue weighted by Gasteiger charge is 2.10. The Morgan fingerprint density at radius 2 is 1.81 bits per heavy atom. The first-order valence-corrected chi connectivity index (χ1v) is 9.87. The van der Waals surface area contributed by atoms with Gasteiger partial charge in [0.1, 0.15) is 7.85 Å². The van der Waals surface area contributed by atoms with Gasteiger partial charge in [0, 0.05) is 10.0 Å². The topological polar surface area (TPSA) is 12.9 Å². The first kappa shape index (κ1) is 19.4. The third-order valence-electron chi connectivity index (χ3n) is 4.32. The van der Waals surface area contributed by atoms with E-state index in [1.54, 1.807) is 0 Å². The molecule has 0 atom stereocenters. The van der Waals surface area contributed by atoms with Crippen LogP contribution in [0, 0.1) is 0 Å². The molecule has 0 aliphatic rings. The van der Waals surface area contributed by atoms with E-state index in [1.807, 2.05) is 42.5 Å². The molecule has 0 saturated carbocycles. The molecule has 1 heterocycles. The SMILES string of the molecule is [B]c1cc(Br)cc(-c2cc(-c3ccccc3)cc(/C(C=C)=C/CCC)n2)c1. The number of aromatic nitrogens is 1. The summed E-state index contributed by atoms with van der Waals surface area (Å²) >= 11 is 3.53. The van der Waals surface area contributed by atoms with E-state index in [1.165, 1.54) is 0 Å². The molecule has 132 valence electrons. The van der Waals surface area contributed by atoms with Crippen molar-refractivity contribution in [3.63, 3.8) is 0 Å². The third kappa shape index (κ3) is 4.87. The van der Waals surface area contributed by atoms with Crippen LogP contribution in [0.3, 0.4) is 0 Å². The van der Waals surface area contributed by atoms with Crippen molar-refractivity contribution in [3.8, 4) is 22.4 Å². The number of unbranched alkanes of at least 4 members (excludes halogenated alkanes) is 1. The van der Waals surface area contributed by atoms with Crippen molar-refractivity contribution < 1.29 is 0 Å². The maximum atomic E-state index is 6.05. The molecule has 27 heavy (non-hydrogen) atoms. The van der Waals surface area contributed by atoms with Crippen molar-refractivity contribution in [2.24, 2.45) is 0 Å². The lowest BCUT2D eigenvalue weighted by Gasteiger charge is -2.12. The van der Waals surface area contributed by atoms with Gasteiger partial charge in [-0.25, -0.2) is 4.98 Å². The molecule has 2 radical (unpaired) electrons. The molecule has 3 aromatic rings. The molecule has 0 fully saturated rings. The van der Waals surface area contributed by atoms with Gasteiger partial charge in [-0.1, -0.05) is 95.9 Å². The second-order valence-corrected chi connectivity index (χ2v) is 7.33. The van der Waals surface area contributed by atoms with E-state index < -0.39 is 0 Å². The predicted molar refractivity (Wildman–Crippen MR) is 121 cm³/mol. The lowest BCUT2D eigenvalue weighted by molar-refractivity contribution is 0.960. The molecule has 2 aromatic carbocycles. The predicted octanol–water partition coefficient (Wildman–Crippen LogP) is 6.34. The molecule has 3 rings (SSSR count). The Morgan fingerprint density at radius 3 is 2.48 bits per heavy atom. The fourth-order valence-electron chi connectivity index (χ4n) is 2.98. The van der Waals surface area contributed by atoms with Gasteiger partial charge in [0.15, 0.2) is 0 Å². The molecule has 0 N–H and O–H groups in total. The average Bonchev–Trinajstić information content (AvgIpc) is 2.68. The number of halogens is 1. The van der Waals surface area contributed by atoms with Crippen molar-refractivity contribution in [2.75, 3.05) is 0 Å². The molecular weight excluding hydrogens is 393 g/mol. The standard InChI is InChI=1S/C24H21BBrN/c1-3-5-9-17(4-2)23-14-19(18-10-7-6-8-11-18)15-24(27-23)20-12-21(25)16-22(26)13-20/h4,6-16H,2-3,5H2,1H3/b17-9+. The van der Waals surface area contributed by atoms with E-state index in [2.05, 4.69) is 59.8 Å². The van der Waals surface area contributed by atoms with Crippen LogP contribution < -0.4 is 5.46 Å². The summed E-state index contributed by atoms with van der Waals surface area (Å²) in [5.74, 6) is 0. The molecular formula is C24H21BBrN. The zero-order valence-electron chi connectivity index (χ0n) is 15.5. The smallest absolute Gasteiger partial charge is 0.113 e. The van der Waals surface area contributed by atoms with Crippen LogP contribution >= 0.6 is 15.9 Å². The number of hydrogen-bond acceptors (Lipinski definition) is 1. The number of nitrogens with zero attached hydrogens (tertiary/aromatic N) is 1. The summed E-state index contributed by atoms with van der Waals surface area (Å²) in [4.78, 5) is 4.92. The number of benzene rings is 2. The molecule has 0 aliphatic heterocycles. The van der Waals surface area contributed by atoms with E-state index in [9.17, 15) is 0 Å². The van der Waals surface area contributed by atoms with Crippen molar-refractivity contribution >= 4 is 34.8 Å². The van der Waals surface area contributed by atoms with Crippen LogP contribution in [-0.2, 0) is 0 Å². The van der Waals surface area contributed by atoms with Gasteiger partial charge in [-0.15, -0.1) is 0 Å². The lowest BCUT2D eigenvalue weighted by atomic mass is 9.92. The Labute approximate surface area is 171 Å². The Hall–Kier alpha value is -2.39. The van der Waals surface area contributed by atoms with Gasteiger partial charge in [-0.05, 0) is 41.3 Å². The minimum Gasteiger partial charge on any atom is -0.248 e. The average molecular weight is 414 g/mol. The fraction of sp³-hybridized carbons (Fsp3) is 0.125. The molecule has 1 nitrogen and oxygen atoms in total. The Balaban J connectivity index is 2.21. The maximum Gasteiger partial charge on any atom is 0.113 e.